The Bertz CT molecular complexity index is 266. The van der Waals surface area contributed by atoms with Crippen LogP contribution in [-0.4, -0.2) is 36.4 Å². The number of rotatable bonds is 4. The zero-order chi connectivity index (χ0) is 10.6. The van der Waals surface area contributed by atoms with E-state index in [4.69, 9.17) is 0 Å². The fourth-order valence-corrected chi connectivity index (χ4v) is 4.19. The lowest BCUT2D eigenvalue weighted by Crippen LogP contribution is -2.41. The minimum atomic E-state index is -2.98. The van der Waals surface area contributed by atoms with Crippen molar-refractivity contribution in [3.05, 3.63) is 0 Å². The largest absolute Gasteiger partial charge is 0.214 e. The van der Waals surface area contributed by atoms with Gasteiger partial charge in [-0.25, -0.2) is 12.7 Å². The molecule has 0 spiro atoms. The highest BCUT2D eigenvalue weighted by molar-refractivity contribution is 9.09. The summed E-state index contributed by atoms with van der Waals surface area (Å²) in [5.74, 6) is 0.309. The highest BCUT2D eigenvalue weighted by atomic mass is 79.9. The van der Waals surface area contributed by atoms with E-state index in [2.05, 4.69) is 15.9 Å². The van der Waals surface area contributed by atoms with Crippen molar-refractivity contribution in [1.82, 2.24) is 4.31 Å². The van der Waals surface area contributed by atoms with E-state index < -0.39 is 10.0 Å². The van der Waals surface area contributed by atoms with Crippen molar-refractivity contribution in [2.24, 2.45) is 0 Å². The first kappa shape index (κ1) is 12.5. The van der Waals surface area contributed by atoms with E-state index in [1.54, 1.807) is 4.31 Å². The Hall–Kier alpha value is 0.390. The van der Waals surface area contributed by atoms with E-state index in [0.717, 1.165) is 25.7 Å². The van der Waals surface area contributed by atoms with Crippen LogP contribution in [0.1, 0.15) is 32.6 Å². The zero-order valence-corrected chi connectivity index (χ0v) is 11.0. The van der Waals surface area contributed by atoms with Crippen LogP contribution >= 0.6 is 15.9 Å². The molecule has 0 radical (unpaired) electrons. The predicted molar refractivity (Wildman–Crippen MR) is 62.2 cm³/mol. The van der Waals surface area contributed by atoms with Crippen LogP contribution in [0.3, 0.4) is 0 Å². The lowest BCUT2D eigenvalue weighted by atomic mass is 10.2. The Balaban J connectivity index is 2.53. The summed E-state index contributed by atoms with van der Waals surface area (Å²) in [6, 6.07) is 0. The molecule has 1 fully saturated rings. The molecule has 0 aromatic heterocycles. The van der Waals surface area contributed by atoms with Crippen molar-refractivity contribution in [2.75, 3.05) is 18.8 Å². The van der Waals surface area contributed by atoms with Crippen LogP contribution in [0.15, 0.2) is 0 Å². The Kier molecular flexibility index (Phi) is 4.87. The highest BCUT2D eigenvalue weighted by Crippen LogP contribution is 2.19. The third-order valence-corrected chi connectivity index (χ3v) is 5.15. The second kappa shape index (κ2) is 5.47. The maximum Gasteiger partial charge on any atom is 0.214 e. The molecule has 1 rings (SSSR count). The molecule has 0 aliphatic carbocycles. The summed E-state index contributed by atoms with van der Waals surface area (Å²) in [4.78, 5) is 0.340. The Morgan fingerprint density at radius 1 is 1.50 bits per heavy atom. The minimum absolute atomic E-state index is 0.309. The van der Waals surface area contributed by atoms with E-state index in [-0.39, 0.29) is 0 Å². The number of unbranched alkanes of at least 4 members (excludes halogenated alkanes) is 1. The molecular weight excluding hydrogens is 266 g/mol. The number of hydrogen-bond donors (Lipinski definition) is 0. The van der Waals surface area contributed by atoms with E-state index in [1.165, 1.54) is 0 Å². The average Bonchev–Trinajstić information content (AvgIpc) is 2.15. The van der Waals surface area contributed by atoms with Crippen LogP contribution in [0.2, 0.25) is 0 Å². The van der Waals surface area contributed by atoms with E-state index >= 15 is 0 Å². The third kappa shape index (κ3) is 3.51. The molecule has 3 nitrogen and oxygen atoms in total. The molecule has 14 heavy (non-hydrogen) atoms. The minimum Gasteiger partial charge on any atom is -0.212 e. The van der Waals surface area contributed by atoms with Crippen molar-refractivity contribution in [3.8, 4) is 0 Å². The molecule has 1 atom stereocenters. The maximum atomic E-state index is 11.8. The fourth-order valence-electron chi connectivity index (χ4n) is 1.60. The average molecular weight is 284 g/mol. The summed E-state index contributed by atoms with van der Waals surface area (Å²) in [6.45, 7) is 3.36. The highest BCUT2D eigenvalue weighted by Gasteiger charge is 2.26. The molecule has 0 aromatic carbocycles. The van der Waals surface area contributed by atoms with Gasteiger partial charge in [0.25, 0.3) is 0 Å². The molecular formula is C9H18BrNO2S. The summed E-state index contributed by atoms with van der Waals surface area (Å²) < 4.78 is 25.2. The summed E-state index contributed by atoms with van der Waals surface area (Å²) in [6.07, 6.45) is 3.76. The molecule has 0 bridgehead atoms. The van der Waals surface area contributed by atoms with Gasteiger partial charge < -0.3 is 0 Å². The molecule has 5 heteroatoms. The van der Waals surface area contributed by atoms with Gasteiger partial charge in [0.05, 0.1) is 5.75 Å². The van der Waals surface area contributed by atoms with Crippen LogP contribution < -0.4 is 0 Å². The number of halogens is 1. The van der Waals surface area contributed by atoms with Gasteiger partial charge in [-0.3, -0.25) is 0 Å². The van der Waals surface area contributed by atoms with Gasteiger partial charge in [0.2, 0.25) is 10.0 Å². The Morgan fingerprint density at radius 2 is 2.21 bits per heavy atom. The number of piperidine rings is 1. The van der Waals surface area contributed by atoms with Gasteiger partial charge in [-0.1, -0.05) is 29.3 Å². The van der Waals surface area contributed by atoms with Crippen molar-refractivity contribution in [3.63, 3.8) is 0 Å². The smallest absolute Gasteiger partial charge is 0.212 e. The summed E-state index contributed by atoms with van der Waals surface area (Å²) in [5.41, 5.74) is 0. The molecule has 1 aliphatic heterocycles. The van der Waals surface area contributed by atoms with Gasteiger partial charge in [-0.2, -0.15) is 0 Å². The second-order valence-electron chi connectivity index (χ2n) is 3.77. The second-order valence-corrected chi connectivity index (χ2v) is 7.15. The van der Waals surface area contributed by atoms with Crippen molar-refractivity contribution >= 4 is 26.0 Å². The van der Waals surface area contributed by atoms with Crippen LogP contribution in [0.4, 0.5) is 0 Å². The molecule has 84 valence electrons. The van der Waals surface area contributed by atoms with Gasteiger partial charge in [-0.05, 0) is 19.3 Å². The Morgan fingerprint density at radius 3 is 2.79 bits per heavy atom. The van der Waals surface area contributed by atoms with Gasteiger partial charge in [0.15, 0.2) is 0 Å². The topological polar surface area (TPSA) is 37.4 Å². The first-order chi connectivity index (χ1) is 6.56. The van der Waals surface area contributed by atoms with Gasteiger partial charge in [0, 0.05) is 17.9 Å². The number of nitrogens with zero attached hydrogens (tertiary/aromatic N) is 1. The van der Waals surface area contributed by atoms with Crippen LogP contribution in [-0.2, 0) is 10.0 Å². The molecule has 0 aromatic rings. The lowest BCUT2D eigenvalue weighted by Gasteiger charge is -2.29. The quantitative estimate of drug-likeness (QED) is 0.740. The van der Waals surface area contributed by atoms with E-state index in [0.29, 0.717) is 23.7 Å². The molecule has 1 saturated heterocycles. The zero-order valence-electron chi connectivity index (χ0n) is 8.58. The lowest BCUT2D eigenvalue weighted by molar-refractivity contribution is 0.355. The molecule has 0 N–H and O–H groups in total. The van der Waals surface area contributed by atoms with Crippen molar-refractivity contribution in [1.29, 1.82) is 0 Å². The van der Waals surface area contributed by atoms with Crippen molar-refractivity contribution < 1.29 is 8.42 Å². The standard InChI is InChI=1S/C9H18BrNO2S/c1-2-3-7-14(12,13)11-6-4-5-9(10)8-11/h9H,2-8H2,1H3. The first-order valence-electron chi connectivity index (χ1n) is 5.18. The van der Waals surface area contributed by atoms with Gasteiger partial charge >= 0.3 is 0 Å². The third-order valence-electron chi connectivity index (χ3n) is 2.48. The van der Waals surface area contributed by atoms with Gasteiger partial charge in [0.1, 0.15) is 0 Å². The van der Waals surface area contributed by atoms with Crippen LogP contribution in [0.5, 0.6) is 0 Å². The predicted octanol–water partition coefficient (Wildman–Crippen LogP) is 1.98. The summed E-state index contributed by atoms with van der Waals surface area (Å²) in [5, 5.41) is 0. The maximum absolute atomic E-state index is 11.8. The van der Waals surface area contributed by atoms with E-state index in [1.807, 2.05) is 6.92 Å². The molecule has 1 aliphatic rings. The summed E-state index contributed by atoms with van der Waals surface area (Å²) >= 11 is 3.48. The normalized spacial score (nSPS) is 25.1. The summed E-state index contributed by atoms with van der Waals surface area (Å²) in [7, 11) is -2.98. The molecule has 1 unspecified atom stereocenters. The molecule has 1 heterocycles. The Labute approximate surface area is 95.0 Å². The van der Waals surface area contributed by atoms with Gasteiger partial charge in [-0.15, -0.1) is 0 Å². The molecule has 0 saturated carbocycles. The first-order valence-corrected chi connectivity index (χ1v) is 7.70. The van der Waals surface area contributed by atoms with Crippen LogP contribution in [0.25, 0.3) is 0 Å². The van der Waals surface area contributed by atoms with Crippen molar-refractivity contribution in [2.45, 2.75) is 37.4 Å². The SMILES string of the molecule is CCCCS(=O)(=O)N1CCCC(Br)C1. The number of sulfonamides is 1. The van der Waals surface area contributed by atoms with E-state index in [9.17, 15) is 8.42 Å². The monoisotopic (exact) mass is 283 g/mol. The van der Waals surface area contributed by atoms with Crippen LogP contribution in [0, 0.1) is 0 Å². The fraction of sp³-hybridized carbons (Fsp3) is 1.00. The number of hydrogen-bond acceptors (Lipinski definition) is 2. The molecule has 0 amide bonds. The number of alkyl halides is 1.